The van der Waals surface area contributed by atoms with Gasteiger partial charge in [0.2, 0.25) is 0 Å². The first-order valence-electron chi connectivity index (χ1n) is 8.07. The van der Waals surface area contributed by atoms with E-state index in [1.165, 1.54) is 6.92 Å². The third kappa shape index (κ3) is 6.22. The second kappa shape index (κ2) is 10.3. The van der Waals surface area contributed by atoms with E-state index in [2.05, 4.69) is 16.6 Å². The van der Waals surface area contributed by atoms with Crippen LogP contribution in [0.25, 0.3) is 10.4 Å². The van der Waals surface area contributed by atoms with Crippen LogP contribution in [0.15, 0.2) is 17.8 Å². The summed E-state index contributed by atoms with van der Waals surface area (Å²) in [5.41, 5.74) is 8.53. The minimum Gasteiger partial charge on any atom is -0.459 e. The Morgan fingerprint density at radius 3 is 2.74 bits per heavy atom. The van der Waals surface area contributed by atoms with Crippen molar-refractivity contribution in [3.8, 4) is 0 Å². The van der Waals surface area contributed by atoms with E-state index in [1.54, 1.807) is 0 Å². The smallest absolute Gasteiger partial charge is 0.303 e. The summed E-state index contributed by atoms with van der Waals surface area (Å²) in [6, 6.07) is 0. The third-order valence-electron chi connectivity index (χ3n) is 4.16. The fourth-order valence-corrected chi connectivity index (χ4v) is 2.68. The number of allylic oxidation sites excluding steroid dienone is 1. The predicted octanol–water partition coefficient (Wildman–Crippen LogP) is 3.60. The summed E-state index contributed by atoms with van der Waals surface area (Å²) in [6.45, 7) is 9.78. The molecule has 0 aromatic heterocycles. The number of hydrogen-bond acceptors (Lipinski definition) is 5. The van der Waals surface area contributed by atoms with Crippen molar-refractivity contribution in [2.45, 2.75) is 58.5 Å². The largest absolute Gasteiger partial charge is 0.459 e. The number of carbonyl (C=O) groups excluding carboxylic acids is 1. The first-order valence-corrected chi connectivity index (χ1v) is 8.07. The first kappa shape index (κ1) is 19.5. The Balaban J connectivity index is 2.66. The number of unbranched alkanes of at least 4 members (excludes halogenated alkanes) is 2. The molecule has 0 amide bonds. The minimum absolute atomic E-state index is 0.0460. The molecule has 1 saturated heterocycles. The summed E-state index contributed by atoms with van der Waals surface area (Å²) in [5, 5.41) is 3.57. The van der Waals surface area contributed by atoms with Gasteiger partial charge in [0.15, 0.2) is 6.29 Å². The van der Waals surface area contributed by atoms with E-state index >= 15 is 0 Å². The minimum atomic E-state index is -0.487. The lowest BCUT2D eigenvalue weighted by atomic mass is 9.84. The lowest BCUT2D eigenvalue weighted by Crippen LogP contribution is -2.52. The highest BCUT2D eigenvalue weighted by Crippen LogP contribution is 2.33. The lowest BCUT2D eigenvalue weighted by Gasteiger charge is -2.43. The molecule has 1 aliphatic heterocycles. The Bertz CT molecular complexity index is 437. The van der Waals surface area contributed by atoms with Gasteiger partial charge in [-0.3, -0.25) is 4.79 Å². The zero-order valence-electron chi connectivity index (χ0n) is 14.2. The summed E-state index contributed by atoms with van der Waals surface area (Å²) >= 11 is 0. The fourth-order valence-electron chi connectivity index (χ4n) is 2.68. The molecule has 7 nitrogen and oxygen atoms in total. The Kier molecular flexibility index (Phi) is 8.69. The van der Waals surface area contributed by atoms with Gasteiger partial charge in [-0.05, 0) is 24.8 Å². The number of azide groups is 1. The highest BCUT2D eigenvalue weighted by atomic mass is 16.7. The molecule has 0 aromatic rings. The maximum atomic E-state index is 11.3. The molecule has 2 unspecified atom stereocenters. The van der Waals surface area contributed by atoms with Gasteiger partial charge in [0.05, 0.1) is 6.54 Å². The average Bonchev–Trinajstić information content (AvgIpc) is 2.52. The molecule has 1 rings (SSSR count). The Hall–Kier alpha value is -1.56. The molecule has 0 bridgehead atoms. The molecule has 130 valence electrons. The van der Waals surface area contributed by atoms with Crippen molar-refractivity contribution in [3.63, 3.8) is 0 Å². The number of rotatable bonds is 9. The number of esters is 1. The van der Waals surface area contributed by atoms with Gasteiger partial charge in [-0.2, -0.15) is 0 Å². The molecule has 1 fully saturated rings. The molecule has 1 heterocycles. The molecular formula is C16H27N3O4. The highest BCUT2D eigenvalue weighted by molar-refractivity contribution is 5.66. The van der Waals surface area contributed by atoms with E-state index in [1.807, 2.05) is 19.9 Å². The van der Waals surface area contributed by atoms with Gasteiger partial charge in [0.1, 0.15) is 12.2 Å². The fraction of sp³-hybridized carbons (Fsp3) is 0.812. The van der Waals surface area contributed by atoms with Crippen molar-refractivity contribution in [3.05, 3.63) is 23.1 Å². The van der Waals surface area contributed by atoms with Crippen LogP contribution in [0.5, 0.6) is 0 Å². The van der Waals surface area contributed by atoms with E-state index < -0.39 is 12.2 Å². The summed E-state index contributed by atoms with van der Waals surface area (Å²) < 4.78 is 17.1. The topological polar surface area (TPSA) is 93.5 Å². The van der Waals surface area contributed by atoms with Crippen LogP contribution in [-0.2, 0) is 19.0 Å². The van der Waals surface area contributed by atoms with Crippen molar-refractivity contribution in [2.24, 2.45) is 17.0 Å². The van der Waals surface area contributed by atoms with Crippen molar-refractivity contribution < 1.29 is 19.0 Å². The third-order valence-corrected chi connectivity index (χ3v) is 4.16. The molecule has 0 N–H and O–H groups in total. The molecule has 0 spiro atoms. The van der Waals surface area contributed by atoms with Crippen LogP contribution in [0.4, 0.5) is 0 Å². The van der Waals surface area contributed by atoms with E-state index in [9.17, 15) is 4.79 Å². The summed E-state index contributed by atoms with van der Waals surface area (Å²) in [6.07, 6.45) is 3.50. The van der Waals surface area contributed by atoms with Crippen LogP contribution < -0.4 is 0 Å². The van der Waals surface area contributed by atoms with Crippen LogP contribution in [0.2, 0.25) is 0 Å². The van der Waals surface area contributed by atoms with Crippen LogP contribution in [0, 0.1) is 11.8 Å². The standard InChI is InChI=1S/C16H27N3O4/c1-5-6-7-8-9-21-16-12(3)11(2)15(22-13(4)20)14(23-16)10-18-19-17/h5,11-12,14-16H,1,6-10H2,2-4H3/t11-,12?,14?,15-,16+/m1/s1. The molecule has 0 aromatic carbocycles. The second-order valence-corrected chi connectivity index (χ2v) is 5.90. The maximum Gasteiger partial charge on any atom is 0.303 e. The van der Waals surface area contributed by atoms with Crippen molar-refractivity contribution in [2.75, 3.05) is 13.2 Å². The van der Waals surface area contributed by atoms with Gasteiger partial charge in [-0.25, -0.2) is 0 Å². The zero-order valence-corrected chi connectivity index (χ0v) is 14.2. The summed E-state index contributed by atoms with van der Waals surface area (Å²) in [4.78, 5) is 14.1. The van der Waals surface area contributed by atoms with Crippen LogP contribution in [-0.4, -0.2) is 37.6 Å². The predicted molar refractivity (Wildman–Crippen MR) is 86.6 cm³/mol. The normalized spacial score (nSPS) is 30.3. The molecule has 5 atom stereocenters. The maximum absolute atomic E-state index is 11.3. The van der Waals surface area contributed by atoms with E-state index in [0.29, 0.717) is 6.61 Å². The van der Waals surface area contributed by atoms with Crippen molar-refractivity contribution in [1.82, 2.24) is 0 Å². The van der Waals surface area contributed by atoms with Gasteiger partial charge in [-0.15, -0.1) is 6.58 Å². The first-order chi connectivity index (χ1) is 11.0. The molecule has 7 heteroatoms. The number of ether oxygens (including phenoxy) is 3. The van der Waals surface area contributed by atoms with Crippen LogP contribution in [0.1, 0.15) is 40.0 Å². The number of hydrogen-bond donors (Lipinski definition) is 0. The van der Waals surface area contributed by atoms with E-state index in [-0.39, 0.29) is 30.6 Å². The zero-order chi connectivity index (χ0) is 17.2. The Morgan fingerprint density at radius 1 is 1.39 bits per heavy atom. The number of nitrogens with zero attached hydrogens (tertiary/aromatic N) is 3. The van der Waals surface area contributed by atoms with Crippen molar-refractivity contribution in [1.29, 1.82) is 0 Å². The van der Waals surface area contributed by atoms with Gasteiger partial charge >= 0.3 is 5.97 Å². The van der Waals surface area contributed by atoms with E-state index in [0.717, 1.165) is 19.3 Å². The monoisotopic (exact) mass is 325 g/mol. The molecule has 23 heavy (non-hydrogen) atoms. The van der Waals surface area contributed by atoms with E-state index in [4.69, 9.17) is 19.7 Å². The summed E-state index contributed by atoms with van der Waals surface area (Å²) in [7, 11) is 0. The average molecular weight is 325 g/mol. The second-order valence-electron chi connectivity index (χ2n) is 5.90. The highest BCUT2D eigenvalue weighted by Gasteiger charge is 2.43. The molecule has 0 aliphatic carbocycles. The van der Waals surface area contributed by atoms with Gasteiger partial charge in [0.25, 0.3) is 0 Å². The molecule has 0 saturated carbocycles. The Labute approximate surface area is 137 Å². The van der Waals surface area contributed by atoms with Crippen LogP contribution >= 0.6 is 0 Å². The Morgan fingerprint density at radius 2 is 2.13 bits per heavy atom. The summed E-state index contributed by atoms with van der Waals surface area (Å²) in [5.74, 6) is -0.252. The van der Waals surface area contributed by atoms with Gasteiger partial charge in [0, 0.05) is 30.3 Å². The van der Waals surface area contributed by atoms with Crippen LogP contribution in [0.3, 0.4) is 0 Å². The molecule has 0 radical (unpaired) electrons. The van der Waals surface area contributed by atoms with Gasteiger partial charge in [-0.1, -0.05) is 25.0 Å². The lowest BCUT2D eigenvalue weighted by molar-refractivity contribution is -0.264. The number of carbonyl (C=O) groups is 1. The molecule has 1 aliphatic rings. The van der Waals surface area contributed by atoms with Crippen molar-refractivity contribution >= 4 is 5.97 Å². The van der Waals surface area contributed by atoms with Gasteiger partial charge < -0.3 is 14.2 Å². The SMILES string of the molecule is C=CCCCCO[C@H]1OC(CN=[N+]=[N-])[C@H](OC(C)=O)[C@H](C)C1C. The molecular weight excluding hydrogens is 298 g/mol. The quantitative estimate of drug-likeness (QED) is 0.162.